The molecule has 2 aromatic heterocycles. The van der Waals surface area contributed by atoms with Crippen molar-refractivity contribution < 1.29 is 13.2 Å². The number of carbonyl (C=O) groups is 1. The molecule has 2 aliphatic rings. The Balaban J connectivity index is 1.55. The number of hydrogen-bond donors (Lipinski definition) is 2. The summed E-state index contributed by atoms with van der Waals surface area (Å²) in [6, 6.07) is 2.56. The van der Waals surface area contributed by atoms with Crippen LogP contribution in [0.5, 0.6) is 0 Å². The van der Waals surface area contributed by atoms with Gasteiger partial charge in [0.05, 0.1) is 27.9 Å². The topological polar surface area (TPSA) is 127 Å². The average Bonchev–Trinajstić information content (AvgIpc) is 3.13. The zero-order valence-electron chi connectivity index (χ0n) is 16.2. The van der Waals surface area contributed by atoms with Gasteiger partial charge in [0.2, 0.25) is 0 Å². The number of sulfone groups is 1. The summed E-state index contributed by atoms with van der Waals surface area (Å²) in [6.45, 7) is 0.248. The van der Waals surface area contributed by atoms with Gasteiger partial charge in [-0.2, -0.15) is 0 Å². The molecule has 0 aromatic carbocycles. The number of aliphatic imine (C=N–C) groups is 1. The normalized spacial score (nSPS) is 22.4. The highest BCUT2D eigenvalue weighted by Gasteiger charge is 2.51. The van der Waals surface area contributed by atoms with Crippen LogP contribution in [0.4, 0.5) is 0 Å². The maximum atomic E-state index is 13.2. The number of nitrogens with two attached hydrogens (primary N) is 1. The minimum absolute atomic E-state index is 0.143. The lowest BCUT2D eigenvalue weighted by molar-refractivity contribution is 0.0954. The minimum Gasteiger partial charge on any atom is -0.386 e. The number of rotatable bonds is 4. The van der Waals surface area contributed by atoms with E-state index >= 15 is 0 Å². The van der Waals surface area contributed by atoms with Crippen LogP contribution >= 0.6 is 22.9 Å². The van der Waals surface area contributed by atoms with E-state index in [0.29, 0.717) is 33.3 Å². The van der Waals surface area contributed by atoms with Crippen LogP contribution < -0.4 is 11.1 Å². The molecule has 3 N–H and O–H groups in total. The van der Waals surface area contributed by atoms with E-state index in [-0.39, 0.29) is 24.0 Å². The Kier molecular flexibility index (Phi) is 5.82. The van der Waals surface area contributed by atoms with E-state index in [1.807, 2.05) is 0 Å². The van der Waals surface area contributed by atoms with E-state index in [1.165, 1.54) is 6.33 Å². The number of nitrogens with zero attached hydrogens (tertiary/aromatic N) is 3. The van der Waals surface area contributed by atoms with Crippen LogP contribution in [0.25, 0.3) is 0 Å². The van der Waals surface area contributed by atoms with Gasteiger partial charge in [-0.15, -0.1) is 11.3 Å². The van der Waals surface area contributed by atoms with E-state index in [9.17, 15) is 13.2 Å². The number of amides is 1. The molecule has 160 valence electrons. The Bertz CT molecular complexity index is 1080. The Labute approximate surface area is 183 Å². The van der Waals surface area contributed by atoms with Gasteiger partial charge in [-0.05, 0) is 25.0 Å². The van der Waals surface area contributed by atoms with Crippen molar-refractivity contribution >= 4 is 44.5 Å². The van der Waals surface area contributed by atoms with Crippen molar-refractivity contribution in [1.82, 2.24) is 15.3 Å². The fourth-order valence-electron chi connectivity index (χ4n) is 4.08. The Morgan fingerprint density at radius 3 is 2.77 bits per heavy atom. The van der Waals surface area contributed by atoms with Crippen LogP contribution in [0.15, 0.2) is 29.6 Å². The van der Waals surface area contributed by atoms with Crippen molar-refractivity contribution in [2.24, 2.45) is 10.7 Å². The molecule has 30 heavy (non-hydrogen) atoms. The first kappa shape index (κ1) is 21.2. The molecular formula is C19H22ClN5O3S2. The third kappa shape index (κ3) is 3.83. The van der Waals surface area contributed by atoms with Gasteiger partial charge < -0.3 is 11.1 Å². The van der Waals surface area contributed by atoms with Gasteiger partial charge in [-0.3, -0.25) is 9.79 Å². The third-order valence-corrected chi connectivity index (χ3v) is 9.93. The van der Waals surface area contributed by atoms with Gasteiger partial charge in [-0.25, -0.2) is 18.4 Å². The summed E-state index contributed by atoms with van der Waals surface area (Å²) >= 11 is 7.51. The van der Waals surface area contributed by atoms with Crippen molar-refractivity contribution in [3.8, 4) is 0 Å². The van der Waals surface area contributed by atoms with E-state index in [2.05, 4.69) is 20.3 Å². The molecule has 8 nitrogen and oxygen atoms in total. The molecule has 4 rings (SSSR count). The van der Waals surface area contributed by atoms with Gasteiger partial charge in [0.1, 0.15) is 23.0 Å². The molecule has 0 bridgehead atoms. The van der Waals surface area contributed by atoms with Crippen LogP contribution in [0.3, 0.4) is 0 Å². The summed E-state index contributed by atoms with van der Waals surface area (Å²) in [5.74, 6) is -0.278. The number of hydrogen-bond acceptors (Lipinski definition) is 8. The predicted molar refractivity (Wildman–Crippen MR) is 116 cm³/mol. The molecule has 2 aromatic rings. The molecule has 1 spiro atoms. The highest BCUT2D eigenvalue weighted by Crippen LogP contribution is 2.44. The van der Waals surface area contributed by atoms with Gasteiger partial charge in [0, 0.05) is 11.1 Å². The summed E-state index contributed by atoms with van der Waals surface area (Å²) in [5.41, 5.74) is 6.89. The van der Waals surface area contributed by atoms with Crippen molar-refractivity contribution in [3.63, 3.8) is 0 Å². The molecule has 3 heterocycles. The zero-order chi connectivity index (χ0) is 21.4. The van der Waals surface area contributed by atoms with Crippen molar-refractivity contribution in [3.05, 3.63) is 45.1 Å². The fourth-order valence-corrected chi connectivity index (χ4v) is 7.86. The first-order chi connectivity index (χ1) is 14.3. The van der Waals surface area contributed by atoms with Crippen molar-refractivity contribution in [1.29, 1.82) is 0 Å². The number of aromatic nitrogens is 2. The molecule has 0 unspecified atom stereocenters. The maximum absolute atomic E-state index is 13.2. The zero-order valence-corrected chi connectivity index (χ0v) is 18.6. The molecule has 1 amide bonds. The van der Waals surface area contributed by atoms with Crippen LogP contribution in [-0.4, -0.2) is 40.6 Å². The second-order valence-corrected chi connectivity index (χ2v) is 11.4. The van der Waals surface area contributed by atoms with Crippen LogP contribution in [0.1, 0.15) is 58.4 Å². The second-order valence-electron chi connectivity index (χ2n) is 7.57. The smallest absolute Gasteiger partial charge is 0.261 e. The van der Waals surface area contributed by atoms with Crippen LogP contribution in [0, 0.1) is 0 Å². The third-order valence-electron chi connectivity index (χ3n) is 5.71. The van der Waals surface area contributed by atoms with Crippen molar-refractivity contribution in [2.75, 3.05) is 5.75 Å². The van der Waals surface area contributed by atoms with Crippen LogP contribution in [0.2, 0.25) is 5.02 Å². The van der Waals surface area contributed by atoms with Crippen LogP contribution in [-0.2, 0) is 16.4 Å². The molecule has 1 fully saturated rings. The molecular weight excluding hydrogens is 446 g/mol. The van der Waals surface area contributed by atoms with Gasteiger partial charge in [-0.1, -0.05) is 30.9 Å². The standard InChI is InChI=1S/C19H22ClN5O3S2/c20-13-8-15(17(26)23-9-12-4-7-22-11-24-12)29-16(13)14-10-30(27,28)19(18(21)25-14)5-2-1-3-6-19/h4,7-8,11,14H,1-3,5-6,9-10H2,(H2,21,25)(H,23,26)/t14-/m0/s1. The van der Waals surface area contributed by atoms with E-state index in [0.717, 1.165) is 30.6 Å². The largest absolute Gasteiger partial charge is 0.386 e. The Hall–Kier alpha value is -2.04. The van der Waals surface area contributed by atoms with Crippen molar-refractivity contribution in [2.45, 2.75) is 49.4 Å². The molecule has 11 heteroatoms. The number of amidine groups is 1. The maximum Gasteiger partial charge on any atom is 0.261 e. The number of nitrogens with one attached hydrogen (secondary N) is 1. The minimum atomic E-state index is -3.49. The Morgan fingerprint density at radius 2 is 2.10 bits per heavy atom. The quantitative estimate of drug-likeness (QED) is 0.711. The summed E-state index contributed by atoms with van der Waals surface area (Å²) in [6.07, 6.45) is 6.72. The van der Waals surface area contributed by atoms with E-state index < -0.39 is 20.6 Å². The SMILES string of the molecule is NC1=N[C@H](c2sc(C(=O)NCc3ccncn3)cc2Cl)CS(=O)(=O)C12CCCCC2. The highest BCUT2D eigenvalue weighted by atomic mass is 35.5. The molecule has 0 saturated heterocycles. The lowest BCUT2D eigenvalue weighted by Gasteiger charge is -2.40. The molecule has 1 aliphatic heterocycles. The van der Waals surface area contributed by atoms with E-state index in [4.69, 9.17) is 17.3 Å². The highest BCUT2D eigenvalue weighted by molar-refractivity contribution is 7.93. The summed E-state index contributed by atoms with van der Waals surface area (Å²) < 4.78 is 25.3. The second kappa shape index (κ2) is 8.24. The lowest BCUT2D eigenvalue weighted by atomic mass is 9.87. The fraction of sp³-hybridized carbons (Fsp3) is 0.474. The summed E-state index contributed by atoms with van der Waals surface area (Å²) in [4.78, 5) is 25.9. The first-order valence-corrected chi connectivity index (χ1v) is 12.6. The van der Waals surface area contributed by atoms with E-state index in [1.54, 1.807) is 18.3 Å². The summed E-state index contributed by atoms with van der Waals surface area (Å²) in [5, 5.41) is 3.10. The lowest BCUT2D eigenvalue weighted by Crippen LogP contribution is -2.55. The molecule has 1 saturated carbocycles. The van der Waals surface area contributed by atoms with Gasteiger partial charge >= 0.3 is 0 Å². The van der Waals surface area contributed by atoms with Gasteiger partial charge in [0.15, 0.2) is 9.84 Å². The monoisotopic (exact) mass is 467 g/mol. The Morgan fingerprint density at radius 1 is 1.33 bits per heavy atom. The molecule has 0 radical (unpaired) electrons. The summed E-state index contributed by atoms with van der Waals surface area (Å²) in [7, 11) is -3.49. The predicted octanol–water partition coefficient (Wildman–Crippen LogP) is 2.65. The number of carbonyl (C=O) groups excluding carboxylic acids is 1. The number of halogens is 1. The van der Waals surface area contributed by atoms with Gasteiger partial charge in [0.25, 0.3) is 5.91 Å². The molecule has 1 aliphatic carbocycles. The molecule has 1 atom stereocenters. The first-order valence-electron chi connectivity index (χ1n) is 9.71. The number of thiophene rings is 1. The average molecular weight is 468 g/mol.